The molecule has 0 aliphatic heterocycles. The summed E-state index contributed by atoms with van der Waals surface area (Å²) in [6, 6.07) is 91.9. The molecule has 560 valence electrons. The monoisotopic (exact) mass is 1470 g/mol. The maximum absolute atomic E-state index is 3.80. The Labute approximate surface area is 676 Å². The van der Waals surface area contributed by atoms with Crippen molar-refractivity contribution in [1.82, 2.24) is 4.57 Å². The highest BCUT2D eigenvalue weighted by atomic mass is 15.0. The Morgan fingerprint density at radius 3 is 0.877 bits per heavy atom. The molecule has 0 spiro atoms. The van der Waals surface area contributed by atoms with Gasteiger partial charge in [0.2, 0.25) is 0 Å². The molecule has 0 saturated heterocycles. The predicted octanol–water partition coefficient (Wildman–Crippen LogP) is 30.5. The van der Waals surface area contributed by atoms with E-state index in [1.807, 2.05) is 0 Å². The van der Waals surface area contributed by atoms with Gasteiger partial charge in [0.1, 0.15) is 0 Å². The number of hydrogen-bond acceptors (Lipinski definition) is 0. The summed E-state index contributed by atoms with van der Waals surface area (Å²) in [4.78, 5) is 0. The van der Waals surface area contributed by atoms with Crippen LogP contribution in [0.1, 0.15) is 254 Å². The molecule has 0 radical (unpaired) electrons. The first-order chi connectivity index (χ1) is 56.2. The number of fused-ring (bicyclic) bond motifs is 9. The average Bonchev–Trinajstić information content (AvgIpc) is 1.50. The van der Waals surface area contributed by atoms with E-state index in [1.54, 1.807) is 0 Å². The van der Waals surface area contributed by atoms with Crippen LogP contribution in [-0.2, 0) is 10.8 Å². The summed E-state index contributed by atoms with van der Waals surface area (Å²) < 4.78 is 2.43. The fraction of sp³-hybridized carbons (Fsp3) is 0.274. The van der Waals surface area contributed by atoms with E-state index in [2.05, 4.69) is 329 Å². The summed E-state index contributed by atoms with van der Waals surface area (Å²) >= 11 is 0. The molecule has 0 amide bonds. The average molecular weight is 1480 g/mol. The van der Waals surface area contributed by atoms with Crippen molar-refractivity contribution in [1.29, 1.82) is 0 Å². The Morgan fingerprint density at radius 1 is 0.246 bits per heavy atom. The molecule has 1 aromatic heterocycles. The molecule has 2 aliphatic rings. The fourth-order valence-electron chi connectivity index (χ4n) is 20.2. The highest BCUT2D eigenvalue weighted by Crippen LogP contribution is 2.57. The van der Waals surface area contributed by atoms with Gasteiger partial charge in [-0.2, -0.15) is 0 Å². The Morgan fingerprint density at radius 2 is 0.535 bits per heavy atom. The minimum Gasteiger partial charge on any atom is -0.309 e. The van der Waals surface area contributed by atoms with Crippen LogP contribution in [0.4, 0.5) is 0 Å². The molecule has 0 bridgehead atoms. The van der Waals surface area contributed by atoms with E-state index in [0.717, 1.165) is 86.9 Å². The van der Waals surface area contributed by atoms with Gasteiger partial charge in [-0.15, -0.1) is 0 Å². The number of aromatic nitrogens is 1. The molecule has 15 aromatic carbocycles. The van der Waals surface area contributed by atoms with Gasteiger partial charge >= 0.3 is 0 Å². The summed E-state index contributed by atoms with van der Waals surface area (Å²) in [5.41, 5.74) is 24.1. The molecule has 18 rings (SSSR count). The summed E-state index contributed by atoms with van der Waals surface area (Å²) in [6.07, 6.45) is 29.4. The van der Waals surface area contributed by atoms with Crippen LogP contribution >= 0.6 is 0 Å². The van der Waals surface area contributed by atoms with Crippen LogP contribution in [0, 0.1) is 54.3 Å². The van der Waals surface area contributed by atoms with E-state index in [0.29, 0.717) is 0 Å². The standard InChI is InChI=1S/C113H103N/c1-6-10-14-18-22-68-112(69-23-19-15-11-7-2)102-74-81(40-60-96(102)98-62-42-83(76-104(98)112)38-46-85-48-50-91-54-52-87-28-26-30-89-56-64-94(85)110(91)108(87)89)36-34-79-44-66-106-100(72-79)101-73-80(45-67-107(101)114(106)93-58-32-78(5)33-59-93)35-37-82-41-61-97-99-63-43-84(39-47-86-49-51-92-55-53-88-29-27-31-90-57-65-95(86)111(92)109(88)90)77-105(99)113(103(97)75-82,70-24-20-16-12-8-3)71-25-21-17-13-9-4/h26-33,40-45,48-67,72-77H,6-25,68-71H2,1-5H3. The zero-order valence-corrected chi connectivity index (χ0v) is 67.5. The smallest absolute Gasteiger partial charge is 0.0541 e. The van der Waals surface area contributed by atoms with Crippen molar-refractivity contribution in [2.75, 3.05) is 0 Å². The number of aryl methyl sites for hydroxylation is 1. The lowest BCUT2D eigenvalue weighted by Gasteiger charge is -2.33. The van der Waals surface area contributed by atoms with Gasteiger partial charge < -0.3 is 4.57 Å². The van der Waals surface area contributed by atoms with E-state index >= 15 is 0 Å². The van der Waals surface area contributed by atoms with Gasteiger partial charge in [-0.25, -0.2) is 0 Å². The SMILES string of the molecule is CCCCCCCC1(CCCCCCC)c2cc(C#Cc3ccc4c(c3)c3cc(C#Cc5ccc6c(c5)C(CCCCCCC)(CCCCCCC)c5cc(C#Cc7ccc8ccc9cccc%10ccc7c8c9%10)ccc5-6)ccc3n4-c3ccc(C)cc3)ccc2-c2ccc(C#Cc3ccc4ccc5cccc6ccc3c4c56)cc21. The molecule has 0 saturated carbocycles. The number of unbranched alkanes of at least 4 members (excludes halogenated alkanes) is 16. The van der Waals surface area contributed by atoms with Gasteiger partial charge in [0.15, 0.2) is 0 Å². The van der Waals surface area contributed by atoms with Crippen LogP contribution in [-0.4, -0.2) is 4.57 Å². The molecule has 1 heterocycles. The highest BCUT2D eigenvalue weighted by molar-refractivity contribution is 6.25. The third-order valence-electron chi connectivity index (χ3n) is 26.0. The first-order valence-corrected chi connectivity index (χ1v) is 43.4. The number of nitrogens with zero attached hydrogens (tertiary/aromatic N) is 1. The van der Waals surface area contributed by atoms with Crippen molar-refractivity contribution in [2.45, 2.75) is 200 Å². The highest BCUT2D eigenvalue weighted by Gasteiger charge is 2.44. The Hall–Kier alpha value is -11.6. The third-order valence-corrected chi connectivity index (χ3v) is 26.0. The zero-order chi connectivity index (χ0) is 77.1. The summed E-state index contributed by atoms with van der Waals surface area (Å²) in [7, 11) is 0. The third kappa shape index (κ3) is 14.0. The summed E-state index contributed by atoms with van der Waals surface area (Å²) in [5, 5.41) is 17.7. The van der Waals surface area contributed by atoms with Crippen LogP contribution in [0.3, 0.4) is 0 Å². The quantitative estimate of drug-likeness (QED) is 0.0305. The lowest BCUT2D eigenvalue weighted by Crippen LogP contribution is -2.26. The molecule has 2 aliphatic carbocycles. The lowest BCUT2D eigenvalue weighted by atomic mass is 9.70. The molecule has 16 aromatic rings. The van der Waals surface area contributed by atoms with Crippen molar-refractivity contribution in [2.24, 2.45) is 0 Å². The van der Waals surface area contributed by atoms with E-state index < -0.39 is 0 Å². The van der Waals surface area contributed by atoms with Crippen molar-refractivity contribution in [3.63, 3.8) is 0 Å². The molecular formula is C113H103N. The normalized spacial score (nSPS) is 13.0. The number of rotatable bonds is 25. The molecule has 114 heavy (non-hydrogen) atoms. The molecular weight excluding hydrogens is 1370 g/mol. The Bertz CT molecular complexity index is 6160. The first kappa shape index (κ1) is 73.9. The molecule has 0 atom stereocenters. The van der Waals surface area contributed by atoms with Crippen molar-refractivity contribution in [3.05, 3.63) is 315 Å². The van der Waals surface area contributed by atoms with E-state index in [9.17, 15) is 0 Å². The molecule has 0 unspecified atom stereocenters. The lowest BCUT2D eigenvalue weighted by molar-refractivity contribution is 0.399. The predicted molar refractivity (Wildman–Crippen MR) is 489 cm³/mol. The summed E-state index contributed by atoms with van der Waals surface area (Å²) in [6.45, 7) is 11.5. The molecule has 1 nitrogen and oxygen atoms in total. The van der Waals surface area contributed by atoms with Crippen LogP contribution < -0.4 is 0 Å². The zero-order valence-electron chi connectivity index (χ0n) is 67.5. The van der Waals surface area contributed by atoms with Gasteiger partial charge in [-0.3, -0.25) is 0 Å². The minimum atomic E-state index is -0.141. The molecule has 0 N–H and O–H groups in total. The van der Waals surface area contributed by atoms with Crippen LogP contribution in [0.15, 0.2) is 243 Å². The second-order valence-electron chi connectivity index (χ2n) is 33.4. The molecule has 1 heteroatoms. The van der Waals surface area contributed by atoms with E-state index in [-0.39, 0.29) is 10.8 Å². The van der Waals surface area contributed by atoms with Crippen molar-refractivity contribution in [3.8, 4) is 75.3 Å². The second kappa shape index (κ2) is 32.5. The van der Waals surface area contributed by atoms with Crippen molar-refractivity contribution >= 4 is 86.4 Å². The topological polar surface area (TPSA) is 4.93 Å². The minimum absolute atomic E-state index is 0.141. The second-order valence-corrected chi connectivity index (χ2v) is 33.4. The fourth-order valence-corrected chi connectivity index (χ4v) is 20.2. The van der Waals surface area contributed by atoms with Crippen LogP contribution in [0.25, 0.3) is 114 Å². The van der Waals surface area contributed by atoms with Crippen LogP contribution in [0.2, 0.25) is 0 Å². The molecule has 0 fully saturated rings. The van der Waals surface area contributed by atoms with Crippen LogP contribution in [0.5, 0.6) is 0 Å². The first-order valence-electron chi connectivity index (χ1n) is 43.4. The van der Waals surface area contributed by atoms with Gasteiger partial charge in [-0.1, -0.05) is 342 Å². The van der Waals surface area contributed by atoms with Gasteiger partial charge in [0.25, 0.3) is 0 Å². The Kier molecular flexibility index (Phi) is 21.1. The van der Waals surface area contributed by atoms with E-state index in [1.165, 1.54) is 254 Å². The van der Waals surface area contributed by atoms with Gasteiger partial charge in [0, 0.05) is 71.8 Å². The number of hydrogen-bond donors (Lipinski definition) is 0. The Balaban J connectivity index is 0.690. The number of benzene rings is 15. The van der Waals surface area contributed by atoms with Gasteiger partial charge in [-0.05, 0) is 251 Å². The largest absolute Gasteiger partial charge is 0.309 e. The van der Waals surface area contributed by atoms with E-state index in [4.69, 9.17) is 0 Å². The van der Waals surface area contributed by atoms with Gasteiger partial charge in [0.05, 0.1) is 11.0 Å². The summed E-state index contributed by atoms with van der Waals surface area (Å²) in [5.74, 6) is 30.1. The van der Waals surface area contributed by atoms with Crippen molar-refractivity contribution < 1.29 is 0 Å². The maximum atomic E-state index is 3.80. The maximum Gasteiger partial charge on any atom is 0.0541 e.